The van der Waals surface area contributed by atoms with Crippen LogP contribution < -0.4 is 9.47 Å². The Hall–Kier alpha value is -3.59. The minimum Gasteiger partial charge on any atom is -0.493 e. The number of imide groups is 1. The van der Waals surface area contributed by atoms with Crippen LogP contribution in [0.1, 0.15) is 15.9 Å². The first-order valence-corrected chi connectivity index (χ1v) is 9.57. The van der Waals surface area contributed by atoms with E-state index in [1.165, 1.54) is 19.3 Å². The zero-order valence-electron chi connectivity index (χ0n) is 15.9. The van der Waals surface area contributed by atoms with E-state index in [-0.39, 0.29) is 28.7 Å². The van der Waals surface area contributed by atoms with Crippen molar-refractivity contribution < 1.29 is 33.8 Å². The number of hydrogen-bond acceptors (Lipinski definition) is 7. The van der Waals surface area contributed by atoms with Gasteiger partial charge in [-0.1, -0.05) is 36.4 Å². The van der Waals surface area contributed by atoms with E-state index in [0.29, 0.717) is 11.1 Å². The first kappa shape index (κ1) is 21.1. The molecule has 1 saturated heterocycles. The predicted molar refractivity (Wildman–Crippen MR) is 110 cm³/mol. The number of benzene rings is 2. The predicted octanol–water partition coefficient (Wildman–Crippen LogP) is 3.08. The van der Waals surface area contributed by atoms with E-state index in [1.807, 2.05) is 0 Å². The van der Waals surface area contributed by atoms with Crippen LogP contribution in [0.2, 0.25) is 0 Å². The third-order valence-corrected chi connectivity index (χ3v) is 5.02. The molecule has 2 aromatic rings. The maximum absolute atomic E-state index is 12.6. The largest absolute Gasteiger partial charge is 0.493 e. The molecule has 2 aromatic carbocycles. The van der Waals surface area contributed by atoms with E-state index in [1.54, 1.807) is 42.5 Å². The molecular formula is C21H17NO7S. The molecular weight excluding hydrogens is 410 g/mol. The van der Waals surface area contributed by atoms with Crippen LogP contribution in [0.25, 0.3) is 6.08 Å². The van der Waals surface area contributed by atoms with Gasteiger partial charge in [-0.15, -0.1) is 0 Å². The maximum atomic E-state index is 12.6. The van der Waals surface area contributed by atoms with Gasteiger partial charge in [-0.25, -0.2) is 4.79 Å². The van der Waals surface area contributed by atoms with Gasteiger partial charge < -0.3 is 14.6 Å². The Balaban J connectivity index is 1.76. The number of carbonyl (C=O) groups excluding carboxylic acids is 3. The highest BCUT2D eigenvalue weighted by Gasteiger charge is 2.36. The molecule has 1 heterocycles. The van der Waals surface area contributed by atoms with E-state index in [9.17, 15) is 19.2 Å². The Morgan fingerprint density at radius 1 is 1.10 bits per heavy atom. The summed E-state index contributed by atoms with van der Waals surface area (Å²) in [7, 11) is 1.40. The maximum Gasteiger partial charge on any atom is 0.341 e. The summed E-state index contributed by atoms with van der Waals surface area (Å²) in [4.78, 5) is 49.0. The third-order valence-electron chi connectivity index (χ3n) is 4.11. The smallest absolute Gasteiger partial charge is 0.341 e. The molecule has 0 spiro atoms. The molecule has 154 valence electrons. The Kier molecular flexibility index (Phi) is 6.53. The topological polar surface area (TPSA) is 110 Å². The Morgan fingerprint density at radius 3 is 2.50 bits per heavy atom. The summed E-state index contributed by atoms with van der Waals surface area (Å²) in [6.45, 7) is -0.860. The number of carbonyl (C=O) groups is 4. The number of aliphatic carboxylic acids is 1. The summed E-state index contributed by atoms with van der Waals surface area (Å²) in [5.41, 5.74) is 0.969. The van der Waals surface area contributed by atoms with Crippen LogP contribution in [0.5, 0.6) is 11.5 Å². The molecule has 8 nitrogen and oxygen atoms in total. The number of nitrogens with zero attached hydrogens (tertiary/aromatic N) is 1. The average Bonchev–Trinajstić information content (AvgIpc) is 3.00. The van der Waals surface area contributed by atoms with E-state index in [0.717, 1.165) is 16.7 Å². The fourth-order valence-electron chi connectivity index (χ4n) is 2.68. The molecule has 0 aromatic heterocycles. The number of rotatable bonds is 8. The molecule has 3 rings (SSSR count). The zero-order chi connectivity index (χ0) is 21.7. The third kappa shape index (κ3) is 4.87. The van der Waals surface area contributed by atoms with Gasteiger partial charge in [0.25, 0.3) is 11.1 Å². The molecule has 0 unspecified atom stereocenters. The Labute approximate surface area is 176 Å². The number of thioether (sulfide) groups is 1. The standard InChI is InChI=1S/C21H17NO7S/c1-28-17-9-13(7-8-16(17)29-12-19(24)25)10-18-20(26)22(21(27)30-18)11-15(23)14-5-3-2-4-6-14/h2-10H,11-12H2,1H3,(H,24,25)/b18-10-. The number of Topliss-reactive ketones (excluding diaryl/α,β-unsaturated/α-hetero) is 1. The number of ketones is 1. The highest BCUT2D eigenvalue weighted by molar-refractivity contribution is 8.18. The normalized spacial score (nSPS) is 14.8. The summed E-state index contributed by atoms with van der Waals surface area (Å²) in [6, 6.07) is 13.1. The summed E-state index contributed by atoms with van der Waals surface area (Å²) in [6.07, 6.45) is 1.50. The van der Waals surface area contributed by atoms with E-state index in [4.69, 9.17) is 14.6 Å². The first-order valence-electron chi connectivity index (χ1n) is 8.75. The van der Waals surface area contributed by atoms with Gasteiger partial charge in [0.05, 0.1) is 18.6 Å². The average molecular weight is 427 g/mol. The van der Waals surface area contributed by atoms with Crippen LogP contribution in [-0.4, -0.2) is 53.2 Å². The number of carboxylic acid groups (broad SMARTS) is 1. The summed E-state index contributed by atoms with van der Waals surface area (Å²) in [5.74, 6) is -1.50. The van der Waals surface area contributed by atoms with Gasteiger partial charge in [-0.3, -0.25) is 19.3 Å². The molecule has 0 bridgehead atoms. The molecule has 0 saturated carbocycles. The number of methoxy groups -OCH3 is 1. The lowest BCUT2D eigenvalue weighted by Crippen LogP contribution is -2.33. The lowest BCUT2D eigenvalue weighted by Gasteiger charge is -2.11. The molecule has 0 atom stereocenters. The van der Waals surface area contributed by atoms with E-state index in [2.05, 4.69) is 0 Å². The van der Waals surface area contributed by atoms with Crippen molar-refractivity contribution in [2.24, 2.45) is 0 Å². The highest BCUT2D eigenvalue weighted by Crippen LogP contribution is 2.34. The van der Waals surface area contributed by atoms with Gasteiger partial charge in [0.2, 0.25) is 0 Å². The summed E-state index contributed by atoms with van der Waals surface area (Å²) in [5, 5.41) is 8.20. The lowest BCUT2D eigenvalue weighted by atomic mass is 10.1. The minimum atomic E-state index is -1.13. The van der Waals surface area contributed by atoms with Gasteiger partial charge in [0.1, 0.15) is 0 Å². The van der Waals surface area contributed by atoms with Gasteiger partial charge in [-0.2, -0.15) is 0 Å². The van der Waals surface area contributed by atoms with E-state index >= 15 is 0 Å². The summed E-state index contributed by atoms with van der Waals surface area (Å²) < 4.78 is 10.3. The number of amides is 2. The number of hydrogen-bond donors (Lipinski definition) is 1. The van der Waals surface area contributed by atoms with Crippen LogP contribution in [0.15, 0.2) is 53.4 Å². The quantitative estimate of drug-likeness (QED) is 0.506. The Morgan fingerprint density at radius 2 is 1.83 bits per heavy atom. The van der Waals surface area contributed by atoms with Gasteiger partial charge in [0.15, 0.2) is 23.9 Å². The second-order valence-electron chi connectivity index (χ2n) is 6.15. The van der Waals surface area contributed by atoms with Crippen LogP contribution in [0.3, 0.4) is 0 Å². The van der Waals surface area contributed by atoms with Gasteiger partial charge in [-0.05, 0) is 35.5 Å². The highest BCUT2D eigenvalue weighted by atomic mass is 32.2. The molecule has 30 heavy (non-hydrogen) atoms. The van der Waals surface area contributed by atoms with Crippen LogP contribution in [0.4, 0.5) is 4.79 Å². The monoisotopic (exact) mass is 427 g/mol. The van der Waals surface area contributed by atoms with Gasteiger partial charge in [0, 0.05) is 5.56 Å². The fourth-order valence-corrected chi connectivity index (χ4v) is 3.52. The van der Waals surface area contributed by atoms with Crippen molar-refractivity contribution in [1.82, 2.24) is 4.90 Å². The van der Waals surface area contributed by atoms with Crippen molar-refractivity contribution in [3.8, 4) is 11.5 Å². The molecule has 1 aliphatic rings. The second kappa shape index (κ2) is 9.27. The second-order valence-corrected chi connectivity index (χ2v) is 7.14. The van der Waals surface area contributed by atoms with Crippen molar-refractivity contribution >= 4 is 40.7 Å². The van der Waals surface area contributed by atoms with Gasteiger partial charge >= 0.3 is 5.97 Å². The Bertz CT molecular complexity index is 1030. The van der Waals surface area contributed by atoms with E-state index < -0.39 is 23.7 Å². The number of carboxylic acids is 1. The van der Waals surface area contributed by atoms with Crippen LogP contribution >= 0.6 is 11.8 Å². The van der Waals surface area contributed by atoms with Crippen molar-refractivity contribution in [3.63, 3.8) is 0 Å². The molecule has 1 N–H and O–H groups in total. The molecule has 1 aliphatic heterocycles. The molecule has 0 aliphatic carbocycles. The SMILES string of the molecule is COc1cc(/C=C2\SC(=O)N(CC(=O)c3ccccc3)C2=O)ccc1OCC(=O)O. The lowest BCUT2D eigenvalue weighted by molar-refractivity contribution is -0.139. The molecule has 2 amide bonds. The van der Waals surface area contributed by atoms with Crippen LogP contribution in [0, 0.1) is 0 Å². The van der Waals surface area contributed by atoms with Crippen molar-refractivity contribution in [2.75, 3.05) is 20.3 Å². The zero-order valence-corrected chi connectivity index (χ0v) is 16.7. The van der Waals surface area contributed by atoms with Crippen LogP contribution in [-0.2, 0) is 9.59 Å². The van der Waals surface area contributed by atoms with Crippen molar-refractivity contribution in [3.05, 3.63) is 64.6 Å². The number of ether oxygens (including phenoxy) is 2. The first-order chi connectivity index (χ1) is 14.4. The molecule has 1 fully saturated rings. The molecule has 9 heteroatoms. The van der Waals surface area contributed by atoms with Crippen molar-refractivity contribution in [2.45, 2.75) is 0 Å². The van der Waals surface area contributed by atoms with Crippen molar-refractivity contribution in [1.29, 1.82) is 0 Å². The summed E-state index contributed by atoms with van der Waals surface area (Å²) >= 11 is 0.742. The molecule has 0 radical (unpaired) electrons. The minimum absolute atomic E-state index is 0.169. The fraction of sp³-hybridized carbons (Fsp3) is 0.143.